The molecule has 2 N–H and O–H groups in total. The van der Waals surface area contributed by atoms with E-state index in [4.69, 9.17) is 22.3 Å². The van der Waals surface area contributed by atoms with Crippen LogP contribution in [0.25, 0.3) is 22.2 Å². The average molecular weight is 283 g/mol. The van der Waals surface area contributed by atoms with Crippen molar-refractivity contribution in [1.29, 1.82) is 0 Å². The molecule has 3 rings (SSSR count). The second kappa shape index (κ2) is 5.23. The molecular formula is C17H15ClN2. The lowest BCUT2D eigenvalue weighted by Crippen LogP contribution is -2.08. The van der Waals surface area contributed by atoms with Crippen LogP contribution in [0.5, 0.6) is 0 Å². The van der Waals surface area contributed by atoms with E-state index in [2.05, 4.69) is 6.07 Å². The van der Waals surface area contributed by atoms with Gasteiger partial charge in [0.25, 0.3) is 0 Å². The highest BCUT2D eigenvalue weighted by atomic mass is 35.5. The minimum Gasteiger partial charge on any atom is -0.324 e. The fourth-order valence-electron chi connectivity index (χ4n) is 2.35. The largest absolute Gasteiger partial charge is 0.324 e. The zero-order chi connectivity index (χ0) is 14.1. The molecule has 0 fully saturated rings. The fourth-order valence-corrected chi connectivity index (χ4v) is 2.58. The molecule has 0 bridgehead atoms. The highest BCUT2D eigenvalue weighted by molar-refractivity contribution is 6.35. The van der Waals surface area contributed by atoms with Crippen molar-refractivity contribution in [2.45, 2.75) is 13.0 Å². The van der Waals surface area contributed by atoms with Crippen molar-refractivity contribution in [1.82, 2.24) is 4.98 Å². The molecule has 1 aromatic heterocycles. The van der Waals surface area contributed by atoms with Crippen LogP contribution >= 0.6 is 11.6 Å². The summed E-state index contributed by atoms with van der Waals surface area (Å²) < 4.78 is 0. The smallest absolute Gasteiger partial charge is 0.0895 e. The molecule has 100 valence electrons. The summed E-state index contributed by atoms with van der Waals surface area (Å²) in [5, 5.41) is 1.68. The summed E-state index contributed by atoms with van der Waals surface area (Å²) in [5.41, 5.74) is 9.92. The fraction of sp³-hybridized carbons (Fsp3) is 0.118. The van der Waals surface area contributed by atoms with Crippen LogP contribution in [0, 0.1) is 0 Å². The first-order chi connectivity index (χ1) is 9.66. The van der Waals surface area contributed by atoms with Gasteiger partial charge in [0.15, 0.2) is 0 Å². The van der Waals surface area contributed by atoms with Gasteiger partial charge in [-0.2, -0.15) is 0 Å². The molecule has 0 unspecified atom stereocenters. The molecule has 20 heavy (non-hydrogen) atoms. The Morgan fingerprint density at radius 3 is 2.50 bits per heavy atom. The molecule has 2 aromatic carbocycles. The van der Waals surface area contributed by atoms with Gasteiger partial charge in [0, 0.05) is 17.0 Å². The first-order valence-corrected chi connectivity index (χ1v) is 6.95. The summed E-state index contributed by atoms with van der Waals surface area (Å²) in [6, 6.07) is 17.9. The number of hydrogen-bond acceptors (Lipinski definition) is 2. The molecule has 0 spiro atoms. The van der Waals surface area contributed by atoms with E-state index in [9.17, 15) is 0 Å². The van der Waals surface area contributed by atoms with Crippen molar-refractivity contribution in [2.75, 3.05) is 0 Å². The van der Waals surface area contributed by atoms with Gasteiger partial charge in [-0.05, 0) is 24.6 Å². The van der Waals surface area contributed by atoms with Crippen LogP contribution in [0.3, 0.4) is 0 Å². The third kappa shape index (κ3) is 2.28. The molecule has 1 atom stereocenters. The van der Waals surface area contributed by atoms with E-state index >= 15 is 0 Å². The van der Waals surface area contributed by atoms with Gasteiger partial charge in [0.1, 0.15) is 0 Å². The van der Waals surface area contributed by atoms with Crippen molar-refractivity contribution in [3.05, 3.63) is 65.2 Å². The summed E-state index contributed by atoms with van der Waals surface area (Å²) in [6.45, 7) is 1.97. The number of benzene rings is 2. The minimum absolute atomic E-state index is 0.0823. The van der Waals surface area contributed by atoms with Gasteiger partial charge in [-0.3, -0.25) is 0 Å². The Morgan fingerprint density at radius 2 is 1.80 bits per heavy atom. The van der Waals surface area contributed by atoms with Gasteiger partial charge in [-0.1, -0.05) is 54.1 Å². The zero-order valence-electron chi connectivity index (χ0n) is 11.2. The highest BCUT2D eigenvalue weighted by Crippen LogP contribution is 2.31. The molecule has 0 aliphatic carbocycles. The summed E-state index contributed by atoms with van der Waals surface area (Å²) >= 11 is 6.25. The Balaban J connectivity index is 2.34. The van der Waals surface area contributed by atoms with E-state index in [0.29, 0.717) is 5.02 Å². The van der Waals surface area contributed by atoms with Gasteiger partial charge in [0.2, 0.25) is 0 Å². The van der Waals surface area contributed by atoms with Crippen molar-refractivity contribution < 1.29 is 0 Å². The number of para-hydroxylation sites is 1. The highest BCUT2D eigenvalue weighted by Gasteiger charge is 2.13. The second-order valence-electron chi connectivity index (χ2n) is 4.89. The van der Waals surface area contributed by atoms with Gasteiger partial charge >= 0.3 is 0 Å². The standard InChI is InChI=1S/C17H15ClN2/c1-11(19)14-10-13-8-5-9-15(18)17(13)20-16(14)12-6-3-2-4-7-12/h2-11H,19H2,1H3/t11-/m1/s1. The molecule has 0 amide bonds. The van der Waals surface area contributed by atoms with Gasteiger partial charge in [-0.15, -0.1) is 0 Å². The Kier molecular flexibility index (Phi) is 3.43. The lowest BCUT2D eigenvalue weighted by molar-refractivity contribution is 0.817. The van der Waals surface area contributed by atoms with E-state index in [0.717, 1.165) is 27.7 Å². The first-order valence-electron chi connectivity index (χ1n) is 6.57. The quantitative estimate of drug-likeness (QED) is 0.747. The SMILES string of the molecule is C[C@@H](N)c1cc2cccc(Cl)c2nc1-c1ccccc1. The number of nitrogens with zero attached hydrogens (tertiary/aromatic N) is 1. The summed E-state index contributed by atoms with van der Waals surface area (Å²) in [7, 11) is 0. The van der Waals surface area contributed by atoms with Crippen LogP contribution in [0.15, 0.2) is 54.6 Å². The topological polar surface area (TPSA) is 38.9 Å². The number of aromatic nitrogens is 1. The van der Waals surface area contributed by atoms with Crippen molar-refractivity contribution >= 4 is 22.5 Å². The normalized spacial score (nSPS) is 12.6. The van der Waals surface area contributed by atoms with Gasteiger partial charge in [0.05, 0.1) is 16.2 Å². The van der Waals surface area contributed by atoms with Crippen LogP contribution < -0.4 is 5.73 Å². The molecule has 3 aromatic rings. The first kappa shape index (κ1) is 13.1. The third-order valence-electron chi connectivity index (χ3n) is 3.36. The maximum Gasteiger partial charge on any atom is 0.0895 e. The zero-order valence-corrected chi connectivity index (χ0v) is 11.9. The van der Waals surface area contributed by atoms with Crippen LogP contribution in [-0.2, 0) is 0 Å². The summed E-state index contributed by atoms with van der Waals surface area (Å²) in [5.74, 6) is 0. The van der Waals surface area contributed by atoms with E-state index in [1.165, 1.54) is 0 Å². The van der Waals surface area contributed by atoms with E-state index in [1.807, 2.05) is 55.5 Å². The van der Waals surface area contributed by atoms with Crippen molar-refractivity contribution in [2.24, 2.45) is 5.73 Å². The van der Waals surface area contributed by atoms with Crippen LogP contribution in [0.4, 0.5) is 0 Å². The number of pyridine rings is 1. The Hall–Kier alpha value is -1.90. The Morgan fingerprint density at radius 1 is 1.05 bits per heavy atom. The molecule has 0 radical (unpaired) electrons. The molecular weight excluding hydrogens is 268 g/mol. The van der Waals surface area contributed by atoms with Crippen LogP contribution in [0.2, 0.25) is 5.02 Å². The predicted molar refractivity (Wildman–Crippen MR) is 84.8 cm³/mol. The molecule has 1 heterocycles. The monoisotopic (exact) mass is 282 g/mol. The maximum atomic E-state index is 6.25. The second-order valence-corrected chi connectivity index (χ2v) is 5.30. The van der Waals surface area contributed by atoms with E-state index in [1.54, 1.807) is 0 Å². The van der Waals surface area contributed by atoms with Crippen molar-refractivity contribution in [3.63, 3.8) is 0 Å². The minimum atomic E-state index is -0.0823. The molecule has 0 aliphatic heterocycles. The molecule has 2 nitrogen and oxygen atoms in total. The van der Waals surface area contributed by atoms with Gasteiger partial charge in [-0.25, -0.2) is 4.98 Å². The lowest BCUT2D eigenvalue weighted by atomic mass is 9.99. The third-order valence-corrected chi connectivity index (χ3v) is 3.67. The predicted octanol–water partition coefficient (Wildman–Crippen LogP) is 4.57. The number of fused-ring (bicyclic) bond motifs is 1. The summed E-state index contributed by atoms with van der Waals surface area (Å²) in [4.78, 5) is 4.75. The number of halogens is 1. The molecule has 0 saturated heterocycles. The van der Waals surface area contributed by atoms with Crippen LogP contribution in [-0.4, -0.2) is 4.98 Å². The van der Waals surface area contributed by atoms with E-state index in [-0.39, 0.29) is 6.04 Å². The van der Waals surface area contributed by atoms with Crippen molar-refractivity contribution in [3.8, 4) is 11.3 Å². The van der Waals surface area contributed by atoms with Crippen LogP contribution in [0.1, 0.15) is 18.5 Å². The average Bonchev–Trinajstić information content (AvgIpc) is 2.47. The summed E-state index contributed by atoms with van der Waals surface area (Å²) in [6.07, 6.45) is 0. The Labute approximate surface area is 123 Å². The number of hydrogen-bond donors (Lipinski definition) is 1. The number of rotatable bonds is 2. The molecule has 3 heteroatoms. The van der Waals surface area contributed by atoms with Gasteiger partial charge < -0.3 is 5.73 Å². The maximum absolute atomic E-state index is 6.25. The number of nitrogens with two attached hydrogens (primary N) is 1. The Bertz CT molecular complexity index is 752. The van der Waals surface area contributed by atoms with E-state index < -0.39 is 0 Å². The molecule has 0 saturated carbocycles. The molecule has 0 aliphatic rings. The lowest BCUT2D eigenvalue weighted by Gasteiger charge is -2.14.